The number of phenols is 1. The Balaban J connectivity index is 0.000000753. The average Bonchev–Trinajstić information content (AvgIpc) is 3.31. The van der Waals surface area contributed by atoms with Gasteiger partial charge in [0.25, 0.3) is 0 Å². The van der Waals surface area contributed by atoms with Crippen molar-refractivity contribution in [3.05, 3.63) is 45.7 Å². The number of nitrogens with one attached hydrogen (secondary N) is 1. The third-order valence-corrected chi connectivity index (χ3v) is 4.82. The summed E-state index contributed by atoms with van der Waals surface area (Å²) in [6, 6.07) is 6.01. The molecule has 8 heteroatoms. The van der Waals surface area contributed by atoms with E-state index in [4.69, 9.17) is 23.8 Å². The van der Waals surface area contributed by atoms with E-state index in [0.29, 0.717) is 36.7 Å². The van der Waals surface area contributed by atoms with Crippen LogP contribution in [0.15, 0.2) is 29.7 Å². The van der Waals surface area contributed by atoms with Gasteiger partial charge in [0.2, 0.25) is 0 Å². The fourth-order valence-corrected chi connectivity index (χ4v) is 3.15. The maximum absolute atomic E-state index is 10.3. The molecule has 1 aliphatic rings. The first kappa shape index (κ1) is 28.3. The zero-order chi connectivity index (χ0) is 23.6. The fraction of sp³-hybridized carbons (Fsp3) is 0.391. The molecule has 0 amide bonds. The summed E-state index contributed by atoms with van der Waals surface area (Å²) < 4.78 is 16.5. The van der Waals surface area contributed by atoms with E-state index in [1.165, 1.54) is 4.88 Å². The Kier molecular flexibility index (Phi) is 15.6. The first-order valence-electron chi connectivity index (χ1n) is 9.73. The zero-order valence-electron chi connectivity index (χ0n) is 18.7. The molecular weight excluding hydrogens is 418 g/mol. The number of aryl methyl sites for hydroxylation is 1. The topological polar surface area (TPSA) is 94.1 Å². The van der Waals surface area contributed by atoms with Gasteiger partial charge >= 0.3 is 0 Å². The highest BCUT2D eigenvalue weighted by molar-refractivity contribution is 7.09. The van der Waals surface area contributed by atoms with Crippen LogP contribution < -0.4 is 10.1 Å². The maximum Gasteiger partial charge on any atom is 0.177 e. The normalized spacial score (nSPS) is 13.0. The molecule has 2 aromatic rings. The van der Waals surface area contributed by atoms with Gasteiger partial charge in [-0.15, -0.1) is 11.3 Å². The first-order valence-corrected chi connectivity index (χ1v) is 10.6. The lowest BCUT2D eigenvalue weighted by molar-refractivity contribution is -0.149. The standard InChI is InChI=1S/C16H23NO4.C5H6S.2CH2O/c1-4-19-16-11(2)15(18)12(10-13(16)17-3)6-7-14-20-8-5-9-21-14;1-5-3-2-4-6-5;2*1-2/h6-7,10,14,17-18H,4-5,8-9H2,1-3H3;2-4H,1H3;2*1H2/b7-6+;;;. The Hall–Kier alpha value is -2.68. The number of anilines is 1. The van der Waals surface area contributed by atoms with Gasteiger partial charge in [0.15, 0.2) is 6.29 Å². The quantitative estimate of drug-likeness (QED) is 0.642. The summed E-state index contributed by atoms with van der Waals surface area (Å²) in [5, 5.41) is 15.5. The highest BCUT2D eigenvalue weighted by atomic mass is 32.1. The van der Waals surface area contributed by atoms with Gasteiger partial charge in [0.1, 0.15) is 25.1 Å². The fourth-order valence-electron chi connectivity index (χ4n) is 2.62. The van der Waals surface area contributed by atoms with E-state index in [0.717, 1.165) is 12.1 Å². The molecule has 0 atom stereocenters. The Morgan fingerprint density at radius 2 is 1.90 bits per heavy atom. The summed E-state index contributed by atoms with van der Waals surface area (Å²) >= 11 is 1.78. The minimum atomic E-state index is -0.344. The molecule has 2 N–H and O–H groups in total. The molecule has 1 fully saturated rings. The van der Waals surface area contributed by atoms with Crippen LogP contribution in [0, 0.1) is 13.8 Å². The summed E-state index contributed by atoms with van der Waals surface area (Å²) in [6.45, 7) is 11.8. The van der Waals surface area contributed by atoms with Crippen molar-refractivity contribution in [2.24, 2.45) is 0 Å². The van der Waals surface area contributed by atoms with Gasteiger partial charge in [-0.25, -0.2) is 0 Å². The monoisotopic (exact) mass is 451 g/mol. The van der Waals surface area contributed by atoms with E-state index in [9.17, 15) is 5.11 Å². The molecule has 1 aromatic heterocycles. The molecule has 2 heterocycles. The van der Waals surface area contributed by atoms with E-state index >= 15 is 0 Å². The number of rotatable bonds is 5. The molecule has 0 radical (unpaired) electrons. The Morgan fingerprint density at radius 3 is 2.35 bits per heavy atom. The summed E-state index contributed by atoms with van der Waals surface area (Å²) in [5.41, 5.74) is 2.27. The molecule has 0 saturated carbocycles. The van der Waals surface area contributed by atoms with Crippen molar-refractivity contribution < 1.29 is 28.9 Å². The summed E-state index contributed by atoms with van der Waals surface area (Å²) in [5.74, 6) is 0.893. The SMILES string of the molecule is C=O.C=O.CCOc1c(NC)cc(/C=C/C2OCCCO2)c(O)c1C.Cc1cccs1. The second-order valence-corrected chi connectivity index (χ2v) is 7.20. The third kappa shape index (κ3) is 9.78. The van der Waals surface area contributed by atoms with Crippen LogP contribution in [0.2, 0.25) is 0 Å². The lowest BCUT2D eigenvalue weighted by atomic mass is 10.1. The molecular formula is C23H33NO6S. The van der Waals surface area contributed by atoms with Crippen LogP contribution in [0.5, 0.6) is 11.5 Å². The van der Waals surface area contributed by atoms with Gasteiger partial charge in [-0.1, -0.05) is 12.1 Å². The molecule has 31 heavy (non-hydrogen) atoms. The van der Waals surface area contributed by atoms with Crippen molar-refractivity contribution in [3.8, 4) is 11.5 Å². The van der Waals surface area contributed by atoms with E-state index in [-0.39, 0.29) is 12.0 Å². The number of thiophene rings is 1. The zero-order valence-corrected chi connectivity index (χ0v) is 19.5. The smallest absolute Gasteiger partial charge is 0.177 e. The second kappa shape index (κ2) is 17.0. The second-order valence-electron chi connectivity index (χ2n) is 6.05. The first-order chi connectivity index (χ1) is 15.1. The van der Waals surface area contributed by atoms with E-state index < -0.39 is 0 Å². The number of carbonyl (C=O) groups excluding carboxylic acids is 2. The van der Waals surface area contributed by atoms with Crippen molar-refractivity contribution in [1.82, 2.24) is 0 Å². The predicted octanol–water partition coefficient (Wildman–Crippen LogP) is 4.60. The number of hydrogen-bond acceptors (Lipinski definition) is 8. The van der Waals surface area contributed by atoms with Crippen LogP contribution >= 0.6 is 11.3 Å². The van der Waals surface area contributed by atoms with Crippen LogP contribution in [0.4, 0.5) is 5.69 Å². The molecule has 1 saturated heterocycles. The number of ether oxygens (including phenoxy) is 3. The highest BCUT2D eigenvalue weighted by Crippen LogP contribution is 2.38. The number of hydrogen-bond donors (Lipinski definition) is 2. The maximum atomic E-state index is 10.3. The average molecular weight is 452 g/mol. The molecule has 7 nitrogen and oxygen atoms in total. The number of phenolic OH excluding ortho intramolecular Hbond substituents is 1. The molecule has 0 bridgehead atoms. The highest BCUT2D eigenvalue weighted by Gasteiger charge is 2.15. The van der Waals surface area contributed by atoms with Crippen LogP contribution in [0.1, 0.15) is 29.3 Å². The Bertz CT molecular complexity index is 756. The molecule has 0 aliphatic carbocycles. The summed E-state index contributed by atoms with van der Waals surface area (Å²) in [7, 11) is 1.83. The van der Waals surface area contributed by atoms with Gasteiger partial charge in [-0.05, 0) is 50.8 Å². The molecule has 0 unspecified atom stereocenters. The van der Waals surface area contributed by atoms with Crippen LogP contribution in [-0.2, 0) is 19.1 Å². The van der Waals surface area contributed by atoms with E-state index in [1.54, 1.807) is 11.3 Å². The number of aromatic hydroxyl groups is 1. The van der Waals surface area contributed by atoms with Crippen molar-refractivity contribution in [3.63, 3.8) is 0 Å². The van der Waals surface area contributed by atoms with Gasteiger partial charge in [-0.3, -0.25) is 0 Å². The largest absolute Gasteiger partial charge is 0.507 e. The van der Waals surface area contributed by atoms with Gasteiger partial charge in [0.05, 0.1) is 25.5 Å². The van der Waals surface area contributed by atoms with Crippen molar-refractivity contribution in [2.75, 3.05) is 32.2 Å². The number of benzene rings is 1. The molecule has 0 spiro atoms. The van der Waals surface area contributed by atoms with Gasteiger partial charge in [-0.2, -0.15) is 0 Å². The minimum Gasteiger partial charge on any atom is -0.507 e. The third-order valence-electron chi connectivity index (χ3n) is 4.02. The van der Waals surface area contributed by atoms with Gasteiger partial charge in [0, 0.05) is 23.1 Å². The van der Waals surface area contributed by atoms with Crippen molar-refractivity contribution in [2.45, 2.75) is 33.5 Å². The summed E-state index contributed by atoms with van der Waals surface area (Å²) in [6.07, 6.45) is 4.20. The lowest BCUT2D eigenvalue weighted by Gasteiger charge is -2.20. The minimum absolute atomic E-state index is 0.213. The predicted molar refractivity (Wildman–Crippen MR) is 126 cm³/mol. The van der Waals surface area contributed by atoms with E-state index in [1.807, 2.05) is 52.7 Å². The number of carbonyl (C=O) groups is 2. The Labute approximate surface area is 188 Å². The van der Waals surface area contributed by atoms with Crippen molar-refractivity contribution in [1.29, 1.82) is 0 Å². The molecule has 1 aliphatic heterocycles. The molecule has 172 valence electrons. The summed E-state index contributed by atoms with van der Waals surface area (Å²) in [4.78, 5) is 17.4. The van der Waals surface area contributed by atoms with E-state index in [2.05, 4.69) is 29.8 Å². The molecule has 3 rings (SSSR count). The van der Waals surface area contributed by atoms with Crippen LogP contribution in [0.3, 0.4) is 0 Å². The molecule has 1 aromatic carbocycles. The lowest BCUT2D eigenvalue weighted by Crippen LogP contribution is -2.22. The van der Waals surface area contributed by atoms with Crippen LogP contribution in [0.25, 0.3) is 6.08 Å². The van der Waals surface area contributed by atoms with Gasteiger partial charge < -0.3 is 34.2 Å². The van der Waals surface area contributed by atoms with Crippen molar-refractivity contribution >= 4 is 36.7 Å². The Morgan fingerprint density at radius 1 is 1.26 bits per heavy atom. The van der Waals surface area contributed by atoms with Crippen LogP contribution in [-0.4, -0.2) is 51.8 Å².